The Balaban J connectivity index is 1.49. The number of ether oxygens (including phenoxy) is 1. The molecule has 0 heterocycles. The van der Waals surface area contributed by atoms with Crippen LogP contribution in [0.2, 0.25) is 0 Å². The summed E-state index contributed by atoms with van der Waals surface area (Å²) in [6.07, 6.45) is 4.99. The maximum absolute atomic E-state index is 13.3. The third kappa shape index (κ3) is 6.93. The molecule has 0 aliphatic heterocycles. The highest BCUT2D eigenvalue weighted by Gasteiger charge is 2.28. The Labute approximate surface area is 206 Å². The predicted molar refractivity (Wildman–Crippen MR) is 138 cm³/mol. The number of benzene rings is 3. The van der Waals surface area contributed by atoms with E-state index in [0.717, 1.165) is 43.2 Å². The van der Waals surface area contributed by atoms with Crippen LogP contribution in [-0.4, -0.2) is 11.8 Å². The van der Waals surface area contributed by atoms with Crippen molar-refractivity contribution >= 4 is 17.5 Å². The van der Waals surface area contributed by atoms with Crippen LogP contribution < -0.4 is 21.1 Å². The molecule has 35 heavy (non-hydrogen) atoms. The topological polar surface area (TPSA) is 93.5 Å². The van der Waals surface area contributed by atoms with E-state index in [1.54, 1.807) is 0 Å². The van der Waals surface area contributed by atoms with Gasteiger partial charge < -0.3 is 21.1 Å². The van der Waals surface area contributed by atoms with Gasteiger partial charge in [-0.3, -0.25) is 9.59 Å². The number of anilines is 1. The minimum atomic E-state index is -0.811. The number of nitrogens with two attached hydrogens (primary N) is 1. The zero-order valence-electron chi connectivity index (χ0n) is 19.9. The number of hydrogen-bond acceptors (Lipinski definition) is 4. The molecule has 6 nitrogen and oxygen atoms in total. The van der Waals surface area contributed by atoms with Crippen molar-refractivity contribution in [2.45, 2.75) is 51.3 Å². The summed E-state index contributed by atoms with van der Waals surface area (Å²) in [5, 5.41) is 5.96. The van der Waals surface area contributed by atoms with Gasteiger partial charge in [0, 0.05) is 18.2 Å². The standard InChI is InChI=1S/C29H33N3O3/c30-19-22-10-7-13-25(18-22)31-29(34)27(32-28(33)24-11-5-2-6-12-24)23-14-16-26(17-15-23)35-20-21-8-3-1-4-9-21/h1,3-4,7-10,13-18,24,27H,2,5-6,11-12,19-20,30H2,(H,31,34)(H,32,33)/t27-/m1/s1. The average Bonchev–Trinajstić information content (AvgIpc) is 2.92. The molecule has 0 unspecified atom stereocenters. The molecule has 0 spiro atoms. The Hall–Kier alpha value is -3.64. The Morgan fingerprint density at radius 1 is 0.886 bits per heavy atom. The second-order valence-corrected chi connectivity index (χ2v) is 9.01. The van der Waals surface area contributed by atoms with Crippen molar-refractivity contribution in [1.82, 2.24) is 5.32 Å². The molecule has 0 aromatic heterocycles. The van der Waals surface area contributed by atoms with Crippen molar-refractivity contribution in [3.8, 4) is 5.75 Å². The highest BCUT2D eigenvalue weighted by atomic mass is 16.5. The molecule has 1 fully saturated rings. The molecule has 2 amide bonds. The van der Waals surface area contributed by atoms with E-state index < -0.39 is 6.04 Å². The van der Waals surface area contributed by atoms with E-state index in [-0.39, 0.29) is 17.7 Å². The lowest BCUT2D eigenvalue weighted by Crippen LogP contribution is -2.40. The lowest BCUT2D eigenvalue weighted by molar-refractivity contribution is -0.130. The van der Waals surface area contributed by atoms with E-state index >= 15 is 0 Å². The molecule has 182 valence electrons. The first kappa shape index (κ1) is 24.5. The maximum atomic E-state index is 13.3. The molecular formula is C29H33N3O3. The second kappa shape index (κ2) is 12.2. The van der Waals surface area contributed by atoms with Crippen molar-refractivity contribution in [1.29, 1.82) is 0 Å². The summed E-state index contributed by atoms with van der Waals surface area (Å²) in [6, 6.07) is 23.9. The van der Waals surface area contributed by atoms with E-state index in [2.05, 4.69) is 10.6 Å². The van der Waals surface area contributed by atoms with E-state index in [0.29, 0.717) is 30.2 Å². The Morgan fingerprint density at radius 2 is 1.60 bits per heavy atom. The van der Waals surface area contributed by atoms with E-state index in [1.807, 2.05) is 78.9 Å². The molecule has 3 aromatic carbocycles. The quantitative estimate of drug-likeness (QED) is 0.405. The summed E-state index contributed by atoms with van der Waals surface area (Å²) in [5.74, 6) is 0.297. The van der Waals surface area contributed by atoms with Gasteiger partial charge >= 0.3 is 0 Å². The third-order valence-electron chi connectivity index (χ3n) is 6.42. The minimum absolute atomic E-state index is 0.0481. The molecule has 1 atom stereocenters. The molecule has 6 heteroatoms. The van der Waals surface area contributed by atoms with Gasteiger partial charge in [-0.2, -0.15) is 0 Å². The third-order valence-corrected chi connectivity index (χ3v) is 6.42. The number of carbonyl (C=O) groups excluding carboxylic acids is 2. The fourth-order valence-corrected chi connectivity index (χ4v) is 4.41. The zero-order chi connectivity index (χ0) is 24.5. The minimum Gasteiger partial charge on any atom is -0.489 e. The molecule has 4 N–H and O–H groups in total. The number of nitrogens with one attached hydrogen (secondary N) is 2. The summed E-state index contributed by atoms with van der Waals surface area (Å²) >= 11 is 0. The summed E-state index contributed by atoms with van der Waals surface area (Å²) in [6.45, 7) is 0.843. The molecule has 0 saturated heterocycles. The van der Waals surface area contributed by atoms with Gasteiger partial charge in [0.2, 0.25) is 5.91 Å². The number of hydrogen-bond donors (Lipinski definition) is 3. The fourth-order valence-electron chi connectivity index (χ4n) is 4.41. The second-order valence-electron chi connectivity index (χ2n) is 9.01. The van der Waals surface area contributed by atoms with Crippen molar-refractivity contribution < 1.29 is 14.3 Å². The van der Waals surface area contributed by atoms with Crippen LogP contribution in [0.1, 0.15) is 54.8 Å². The normalized spacial score (nSPS) is 14.7. The Morgan fingerprint density at radius 3 is 2.31 bits per heavy atom. The van der Waals surface area contributed by atoms with Crippen LogP contribution in [-0.2, 0) is 22.7 Å². The Kier molecular flexibility index (Phi) is 8.52. The SMILES string of the molecule is NCc1cccc(NC(=O)[C@H](NC(=O)C2CCCCC2)c2ccc(OCc3ccccc3)cc2)c1. The summed E-state index contributed by atoms with van der Waals surface area (Å²) < 4.78 is 5.88. The van der Waals surface area contributed by atoms with E-state index in [4.69, 9.17) is 10.5 Å². The molecule has 1 saturated carbocycles. The van der Waals surface area contributed by atoms with Gasteiger partial charge in [0.25, 0.3) is 5.91 Å². The highest BCUT2D eigenvalue weighted by molar-refractivity contribution is 5.98. The van der Waals surface area contributed by atoms with Crippen molar-refractivity contribution in [2.75, 3.05) is 5.32 Å². The maximum Gasteiger partial charge on any atom is 0.251 e. The molecule has 4 rings (SSSR count). The van der Waals surface area contributed by atoms with Gasteiger partial charge in [0.1, 0.15) is 18.4 Å². The van der Waals surface area contributed by atoms with Crippen LogP contribution in [0.4, 0.5) is 5.69 Å². The van der Waals surface area contributed by atoms with Gasteiger partial charge in [-0.15, -0.1) is 0 Å². The molecule has 0 radical (unpaired) electrons. The van der Waals surface area contributed by atoms with E-state index in [1.165, 1.54) is 0 Å². The van der Waals surface area contributed by atoms with Gasteiger partial charge in [-0.05, 0) is 53.8 Å². The van der Waals surface area contributed by atoms with Crippen molar-refractivity contribution in [3.05, 3.63) is 95.6 Å². The monoisotopic (exact) mass is 471 g/mol. The van der Waals surface area contributed by atoms with Gasteiger partial charge in [0.15, 0.2) is 0 Å². The highest BCUT2D eigenvalue weighted by Crippen LogP contribution is 2.26. The van der Waals surface area contributed by atoms with Crippen LogP contribution in [0.15, 0.2) is 78.9 Å². The zero-order valence-corrected chi connectivity index (χ0v) is 19.9. The van der Waals surface area contributed by atoms with Crippen LogP contribution >= 0.6 is 0 Å². The lowest BCUT2D eigenvalue weighted by Gasteiger charge is -2.25. The molecule has 1 aliphatic carbocycles. The summed E-state index contributed by atoms with van der Waals surface area (Å²) in [7, 11) is 0. The Bertz CT molecular complexity index is 1110. The predicted octanol–water partition coefficient (Wildman–Crippen LogP) is 5.10. The molecular weight excluding hydrogens is 438 g/mol. The van der Waals surface area contributed by atoms with Gasteiger partial charge in [-0.1, -0.05) is 73.9 Å². The first-order chi connectivity index (χ1) is 17.1. The van der Waals surface area contributed by atoms with Crippen LogP contribution in [0.5, 0.6) is 5.75 Å². The van der Waals surface area contributed by atoms with Crippen molar-refractivity contribution in [2.24, 2.45) is 11.7 Å². The van der Waals surface area contributed by atoms with Crippen molar-refractivity contribution in [3.63, 3.8) is 0 Å². The first-order valence-corrected chi connectivity index (χ1v) is 12.3. The number of rotatable bonds is 9. The molecule has 3 aromatic rings. The fraction of sp³-hybridized carbons (Fsp3) is 0.310. The van der Waals surface area contributed by atoms with Crippen LogP contribution in [0, 0.1) is 5.92 Å². The van der Waals surface area contributed by atoms with Crippen LogP contribution in [0.3, 0.4) is 0 Å². The van der Waals surface area contributed by atoms with Crippen LogP contribution in [0.25, 0.3) is 0 Å². The summed E-state index contributed by atoms with van der Waals surface area (Å²) in [5.41, 5.74) is 9.10. The average molecular weight is 472 g/mol. The summed E-state index contributed by atoms with van der Waals surface area (Å²) in [4.78, 5) is 26.4. The van der Waals surface area contributed by atoms with Gasteiger partial charge in [-0.25, -0.2) is 0 Å². The lowest BCUT2D eigenvalue weighted by atomic mass is 9.88. The van der Waals surface area contributed by atoms with E-state index in [9.17, 15) is 9.59 Å². The number of amides is 2. The van der Waals surface area contributed by atoms with Gasteiger partial charge in [0.05, 0.1) is 0 Å². The largest absolute Gasteiger partial charge is 0.489 e. The molecule has 1 aliphatic rings. The smallest absolute Gasteiger partial charge is 0.251 e. The number of carbonyl (C=O) groups is 2. The molecule has 0 bridgehead atoms. The first-order valence-electron chi connectivity index (χ1n) is 12.3.